The summed E-state index contributed by atoms with van der Waals surface area (Å²) in [5.74, 6) is 0.619. The highest BCUT2D eigenvalue weighted by Gasteiger charge is 2.17. The lowest BCUT2D eigenvalue weighted by atomic mass is 10.1. The summed E-state index contributed by atoms with van der Waals surface area (Å²) in [5.41, 5.74) is 4.47. The lowest BCUT2D eigenvalue weighted by Gasteiger charge is -2.09. The van der Waals surface area contributed by atoms with Crippen molar-refractivity contribution < 1.29 is 4.92 Å². The van der Waals surface area contributed by atoms with E-state index in [-0.39, 0.29) is 5.69 Å². The average molecular weight is 351 g/mol. The van der Waals surface area contributed by atoms with Crippen LogP contribution >= 0.6 is 0 Å². The van der Waals surface area contributed by atoms with Gasteiger partial charge in [0.05, 0.1) is 10.6 Å². The Morgan fingerprint density at radius 3 is 2.50 bits per heavy atom. The zero-order chi connectivity index (χ0) is 18.7. The minimum Gasteiger partial charge on any atom is -0.370 e. The van der Waals surface area contributed by atoms with E-state index in [9.17, 15) is 10.1 Å². The van der Waals surface area contributed by atoms with Gasteiger partial charge in [0, 0.05) is 30.9 Å². The molecule has 0 bridgehead atoms. The standard InChI is InChI=1S/C19H21N5O2/c1-13-16(14(2)23(3)22-13)11-12-20-18-10-9-17(24(25)26)19(21-18)15-7-5-4-6-8-15/h4-10H,11-12H2,1-3H3,(H,20,21). The third-order valence-corrected chi connectivity index (χ3v) is 4.46. The molecule has 0 saturated heterocycles. The second-order valence-corrected chi connectivity index (χ2v) is 6.14. The van der Waals surface area contributed by atoms with Gasteiger partial charge in [-0.15, -0.1) is 0 Å². The highest BCUT2D eigenvalue weighted by Crippen LogP contribution is 2.29. The quantitative estimate of drug-likeness (QED) is 0.541. The van der Waals surface area contributed by atoms with E-state index in [1.165, 1.54) is 11.6 Å². The molecule has 0 aliphatic carbocycles. The Balaban J connectivity index is 1.80. The largest absolute Gasteiger partial charge is 0.370 e. The van der Waals surface area contributed by atoms with Crippen molar-refractivity contribution in [3.05, 3.63) is 69.5 Å². The topological polar surface area (TPSA) is 85.9 Å². The predicted molar refractivity (Wildman–Crippen MR) is 101 cm³/mol. The van der Waals surface area contributed by atoms with Gasteiger partial charge in [0.25, 0.3) is 5.69 Å². The number of aromatic nitrogens is 3. The third-order valence-electron chi connectivity index (χ3n) is 4.46. The molecule has 0 unspecified atom stereocenters. The van der Waals surface area contributed by atoms with Crippen LogP contribution in [0.3, 0.4) is 0 Å². The lowest BCUT2D eigenvalue weighted by molar-refractivity contribution is -0.384. The van der Waals surface area contributed by atoms with Crippen molar-refractivity contribution in [2.75, 3.05) is 11.9 Å². The van der Waals surface area contributed by atoms with Crippen LogP contribution < -0.4 is 5.32 Å². The van der Waals surface area contributed by atoms with E-state index in [1.54, 1.807) is 6.07 Å². The van der Waals surface area contributed by atoms with Crippen molar-refractivity contribution in [2.45, 2.75) is 20.3 Å². The molecule has 7 nitrogen and oxygen atoms in total. The van der Waals surface area contributed by atoms with Gasteiger partial charge in [-0.3, -0.25) is 14.8 Å². The van der Waals surface area contributed by atoms with Crippen molar-refractivity contribution in [1.29, 1.82) is 0 Å². The number of aryl methyl sites for hydroxylation is 2. The monoisotopic (exact) mass is 351 g/mol. The molecule has 1 N–H and O–H groups in total. The molecule has 3 aromatic rings. The molecule has 0 fully saturated rings. The number of anilines is 1. The molecule has 0 atom stereocenters. The maximum atomic E-state index is 11.3. The first-order chi connectivity index (χ1) is 12.5. The molecule has 0 spiro atoms. The summed E-state index contributed by atoms with van der Waals surface area (Å²) >= 11 is 0. The number of nitro groups is 1. The van der Waals surface area contributed by atoms with Crippen LogP contribution in [-0.4, -0.2) is 26.2 Å². The zero-order valence-electron chi connectivity index (χ0n) is 15.1. The van der Waals surface area contributed by atoms with Crippen molar-refractivity contribution in [3.8, 4) is 11.3 Å². The highest BCUT2D eigenvalue weighted by molar-refractivity contribution is 5.71. The minimum atomic E-state index is -0.401. The SMILES string of the molecule is Cc1nn(C)c(C)c1CCNc1ccc([N+](=O)[O-])c(-c2ccccc2)n1. The molecule has 26 heavy (non-hydrogen) atoms. The molecule has 0 saturated carbocycles. The highest BCUT2D eigenvalue weighted by atomic mass is 16.6. The maximum Gasteiger partial charge on any atom is 0.295 e. The minimum absolute atomic E-state index is 0.000647. The van der Waals surface area contributed by atoms with Gasteiger partial charge in [0.15, 0.2) is 5.69 Å². The summed E-state index contributed by atoms with van der Waals surface area (Å²) in [6, 6.07) is 12.3. The fourth-order valence-electron chi connectivity index (χ4n) is 3.00. The predicted octanol–water partition coefficient (Wildman–Crippen LogP) is 3.66. The molecule has 0 amide bonds. The van der Waals surface area contributed by atoms with Crippen LogP contribution in [-0.2, 0) is 13.5 Å². The number of hydrogen-bond acceptors (Lipinski definition) is 5. The van der Waals surface area contributed by atoms with E-state index in [2.05, 4.69) is 15.4 Å². The second-order valence-electron chi connectivity index (χ2n) is 6.14. The van der Waals surface area contributed by atoms with Gasteiger partial charge in [-0.1, -0.05) is 30.3 Å². The summed E-state index contributed by atoms with van der Waals surface area (Å²) in [4.78, 5) is 15.4. The van der Waals surface area contributed by atoms with Gasteiger partial charge in [0.1, 0.15) is 5.82 Å². The summed E-state index contributed by atoms with van der Waals surface area (Å²) < 4.78 is 1.88. The van der Waals surface area contributed by atoms with Gasteiger partial charge >= 0.3 is 0 Å². The number of nitrogens with one attached hydrogen (secondary N) is 1. The van der Waals surface area contributed by atoms with Crippen molar-refractivity contribution in [1.82, 2.24) is 14.8 Å². The smallest absolute Gasteiger partial charge is 0.295 e. The van der Waals surface area contributed by atoms with Crippen molar-refractivity contribution in [2.24, 2.45) is 7.05 Å². The molecule has 1 aromatic carbocycles. The molecule has 2 heterocycles. The lowest BCUT2D eigenvalue weighted by Crippen LogP contribution is -2.08. The van der Waals surface area contributed by atoms with Gasteiger partial charge < -0.3 is 5.32 Å². The molecule has 7 heteroatoms. The van der Waals surface area contributed by atoms with E-state index in [1.807, 2.05) is 55.9 Å². The normalized spacial score (nSPS) is 10.7. The number of rotatable bonds is 6. The van der Waals surface area contributed by atoms with Crippen LogP contribution in [0.5, 0.6) is 0 Å². The molecule has 0 aliphatic heterocycles. The molecule has 0 radical (unpaired) electrons. The Morgan fingerprint density at radius 2 is 1.88 bits per heavy atom. The number of pyridine rings is 1. The van der Waals surface area contributed by atoms with Crippen LogP contribution in [0, 0.1) is 24.0 Å². The fraction of sp³-hybridized carbons (Fsp3) is 0.263. The number of hydrogen-bond donors (Lipinski definition) is 1. The summed E-state index contributed by atoms with van der Waals surface area (Å²) in [6.45, 7) is 4.72. The van der Waals surface area contributed by atoms with E-state index in [4.69, 9.17) is 0 Å². The first kappa shape index (κ1) is 17.6. The van der Waals surface area contributed by atoms with Crippen LogP contribution in [0.1, 0.15) is 17.0 Å². The van der Waals surface area contributed by atoms with Gasteiger partial charge in [-0.25, -0.2) is 4.98 Å². The Morgan fingerprint density at radius 1 is 1.15 bits per heavy atom. The van der Waals surface area contributed by atoms with Crippen LogP contribution in [0.15, 0.2) is 42.5 Å². The Bertz CT molecular complexity index is 935. The van der Waals surface area contributed by atoms with E-state index < -0.39 is 4.92 Å². The molecule has 3 rings (SSSR count). The van der Waals surface area contributed by atoms with E-state index >= 15 is 0 Å². The van der Waals surface area contributed by atoms with Gasteiger partial charge in [0.2, 0.25) is 0 Å². The number of benzene rings is 1. The zero-order valence-corrected chi connectivity index (χ0v) is 15.1. The van der Waals surface area contributed by atoms with E-state index in [0.717, 1.165) is 23.4 Å². The van der Waals surface area contributed by atoms with Crippen molar-refractivity contribution in [3.63, 3.8) is 0 Å². The first-order valence-electron chi connectivity index (χ1n) is 8.41. The van der Waals surface area contributed by atoms with E-state index in [0.29, 0.717) is 18.1 Å². The van der Waals surface area contributed by atoms with Crippen LogP contribution in [0.2, 0.25) is 0 Å². The molecule has 2 aromatic heterocycles. The third kappa shape index (κ3) is 3.56. The Labute approximate surface area is 151 Å². The Kier molecular flexibility index (Phi) is 4.97. The molecule has 134 valence electrons. The maximum absolute atomic E-state index is 11.3. The average Bonchev–Trinajstić information content (AvgIpc) is 2.88. The molecular formula is C19H21N5O2. The van der Waals surface area contributed by atoms with Crippen LogP contribution in [0.25, 0.3) is 11.3 Å². The fourth-order valence-corrected chi connectivity index (χ4v) is 3.00. The first-order valence-corrected chi connectivity index (χ1v) is 8.41. The summed E-state index contributed by atoms with van der Waals surface area (Å²) in [6.07, 6.45) is 0.810. The van der Waals surface area contributed by atoms with Gasteiger partial charge in [-0.2, -0.15) is 5.10 Å². The Hall–Kier alpha value is -3.22. The van der Waals surface area contributed by atoms with Crippen molar-refractivity contribution >= 4 is 11.5 Å². The second kappa shape index (κ2) is 7.35. The number of nitrogens with zero attached hydrogens (tertiary/aromatic N) is 4. The summed E-state index contributed by atoms with van der Waals surface area (Å²) in [7, 11) is 1.93. The van der Waals surface area contributed by atoms with Gasteiger partial charge in [-0.05, 0) is 31.9 Å². The summed E-state index contributed by atoms with van der Waals surface area (Å²) in [5, 5.41) is 19.0. The molecular weight excluding hydrogens is 330 g/mol. The molecule has 0 aliphatic rings. The van der Waals surface area contributed by atoms with Crippen LogP contribution in [0.4, 0.5) is 11.5 Å².